The Labute approximate surface area is 140 Å². The first kappa shape index (κ1) is 15.4. The molecule has 0 saturated carbocycles. The van der Waals surface area contributed by atoms with Gasteiger partial charge in [0.05, 0.1) is 0 Å². The number of phenolic OH excluding ortho intramolecular Hbond substituents is 2. The Balaban J connectivity index is 0.00000144. The summed E-state index contributed by atoms with van der Waals surface area (Å²) in [5.41, 5.74) is 6.28. The summed E-state index contributed by atoms with van der Waals surface area (Å²) >= 11 is 0. The zero-order valence-corrected chi connectivity index (χ0v) is 14.2. The molecule has 0 radical (unpaired) electrons. The van der Waals surface area contributed by atoms with Crippen molar-refractivity contribution in [1.29, 1.82) is 0 Å². The van der Waals surface area contributed by atoms with E-state index >= 15 is 0 Å². The van der Waals surface area contributed by atoms with E-state index in [1.54, 1.807) is 12.1 Å². The van der Waals surface area contributed by atoms with Gasteiger partial charge in [0, 0.05) is 18.5 Å². The van der Waals surface area contributed by atoms with Gasteiger partial charge in [-0.1, -0.05) is 23.8 Å². The van der Waals surface area contributed by atoms with Crippen LogP contribution in [0, 0.1) is 6.92 Å². The van der Waals surface area contributed by atoms with Crippen molar-refractivity contribution in [2.75, 3.05) is 0 Å². The van der Waals surface area contributed by atoms with Crippen LogP contribution >= 0.6 is 17.0 Å². The molecule has 2 aliphatic rings. The van der Waals surface area contributed by atoms with Crippen molar-refractivity contribution in [3.8, 4) is 11.5 Å². The quantitative estimate of drug-likeness (QED) is 0.629. The lowest BCUT2D eigenvalue weighted by Crippen LogP contribution is -2.42. The Morgan fingerprint density at radius 1 is 1.00 bits per heavy atom. The van der Waals surface area contributed by atoms with Crippen LogP contribution in [0.4, 0.5) is 0 Å². The van der Waals surface area contributed by atoms with Gasteiger partial charge in [-0.25, -0.2) is 0 Å². The van der Waals surface area contributed by atoms with Gasteiger partial charge in [-0.05, 0) is 54.2 Å². The van der Waals surface area contributed by atoms with Crippen molar-refractivity contribution in [3.05, 3.63) is 58.1 Å². The fourth-order valence-electron chi connectivity index (χ4n) is 3.85. The van der Waals surface area contributed by atoms with E-state index < -0.39 is 0 Å². The summed E-state index contributed by atoms with van der Waals surface area (Å²) in [5.74, 6) is 0.235. The maximum absolute atomic E-state index is 9.90. The lowest BCUT2D eigenvalue weighted by Gasteiger charge is -2.39. The van der Waals surface area contributed by atoms with Crippen LogP contribution in [0.25, 0.3) is 0 Å². The Bertz CT molecular complexity index is 729. The number of phenols is 2. The van der Waals surface area contributed by atoms with E-state index in [2.05, 4.69) is 30.4 Å². The minimum absolute atomic E-state index is 0. The molecule has 1 heterocycles. The van der Waals surface area contributed by atoms with Crippen molar-refractivity contribution >= 4 is 17.0 Å². The monoisotopic (exact) mass is 361 g/mol. The maximum atomic E-state index is 9.90. The first-order valence-corrected chi connectivity index (χ1v) is 7.51. The van der Waals surface area contributed by atoms with Crippen molar-refractivity contribution < 1.29 is 10.2 Å². The Hall–Kier alpha value is -1.52. The molecule has 4 rings (SSSR count). The van der Waals surface area contributed by atoms with Crippen molar-refractivity contribution in [1.82, 2.24) is 5.32 Å². The second-order valence-electron chi connectivity index (χ2n) is 6.25. The van der Waals surface area contributed by atoms with E-state index in [1.807, 2.05) is 0 Å². The number of hydrogen-bond donors (Lipinski definition) is 3. The van der Waals surface area contributed by atoms with E-state index in [0.717, 1.165) is 30.5 Å². The van der Waals surface area contributed by atoms with Crippen LogP contribution in [0.5, 0.6) is 11.5 Å². The molecule has 0 unspecified atom stereocenters. The summed E-state index contributed by atoms with van der Waals surface area (Å²) in [6.45, 7) is 3.03. The van der Waals surface area contributed by atoms with E-state index in [9.17, 15) is 10.2 Å². The molecule has 2 aromatic rings. The third-order valence-corrected chi connectivity index (χ3v) is 4.89. The van der Waals surface area contributed by atoms with Crippen molar-refractivity contribution in [2.45, 2.75) is 38.3 Å². The molecule has 1 aliphatic heterocycles. The average molecular weight is 362 g/mol. The zero-order chi connectivity index (χ0) is 14.6. The van der Waals surface area contributed by atoms with Crippen LogP contribution in [0.3, 0.4) is 0 Å². The molecule has 0 fully saturated rings. The minimum Gasteiger partial charge on any atom is -0.504 e. The normalized spacial score (nSPS) is 22.0. The molecule has 2 atom stereocenters. The highest BCUT2D eigenvalue weighted by atomic mass is 79.9. The highest BCUT2D eigenvalue weighted by Crippen LogP contribution is 2.44. The number of hydrogen-bond acceptors (Lipinski definition) is 3. The van der Waals surface area contributed by atoms with Gasteiger partial charge in [-0.3, -0.25) is 0 Å². The number of benzene rings is 2. The molecule has 0 spiro atoms. The van der Waals surface area contributed by atoms with E-state index in [0.29, 0.717) is 6.04 Å². The summed E-state index contributed by atoms with van der Waals surface area (Å²) in [6, 6.07) is 10.5. The summed E-state index contributed by atoms with van der Waals surface area (Å²) in [5, 5.41) is 23.3. The predicted octanol–water partition coefficient (Wildman–Crippen LogP) is 3.53. The van der Waals surface area contributed by atoms with Crippen LogP contribution in [0.2, 0.25) is 0 Å². The van der Waals surface area contributed by atoms with Crippen LogP contribution in [0.1, 0.15) is 40.2 Å². The Morgan fingerprint density at radius 3 is 2.55 bits per heavy atom. The highest BCUT2D eigenvalue weighted by molar-refractivity contribution is 8.93. The van der Waals surface area contributed by atoms with Gasteiger partial charge in [0.2, 0.25) is 0 Å². The smallest absolute Gasteiger partial charge is 0.157 e. The number of fused-ring (bicyclic) bond motifs is 5. The van der Waals surface area contributed by atoms with Gasteiger partial charge in [-0.2, -0.15) is 0 Å². The minimum atomic E-state index is -0.0193. The maximum Gasteiger partial charge on any atom is 0.157 e. The molecule has 116 valence electrons. The second-order valence-corrected chi connectivity index (χ2v) is 6.25. The Morgan fingerprint density at radius 2 is 1.73 bits per heavy atom. The summed E-state index contributed by atoms with van der Waals surface area (Å²) in [6.07, 6.45) is 2.01. The van der Waals surface area contributed by atoms with Crippen LogP contribution in [-0.2, 0) is 13.0 Å². The van der Waals surface area contributed by atoms with Gasteiger partial charge in [0.25, 0.3) is 0 Å². The summed E-state index contributed by atoms with van der Waals surface area (Å²) in [4.78, 5) is 0. The van der Waals surface area contributed by atoms with Crippen LogP contribution < -0.4 is 5.32 Å². The summed E-state index contributed by atoms with van der Waals surface area (Å²) < 4.78 is 0. The molecule has 3 nitrogen and oxygen atoms in total. The molecule has 1 aliphatic carbocycles. The van der Waals surface area contributed by atoms with E-state index in [-0.39, 0.29) is 34.4 Å². The van der Waals surface area contributed by atoms with Crippen LogP contribution in [-0.4, -0.2) is 16.3 Å². The summed E-state index contributed by atoms with van der Waals surface area (Å²) in [7, 11) is 0. The van der Waals surface area contributed by atoms with Gasteiger partial charge >= 0.3 is 0 Å². The molecule has 0 bridgehead atoms. The largest absolute Gasteiger partial charge is 0.504 e. The topological polar surface area (TPSA) is 52.5 Å². The van der Waals surface area contributed by atoms with Crippen molar-refractivity contribution in [3.63, 3.8) is 0 Å². The van der Waals surface area contributed by atoms with Crippen molar-refractivity contribution in [2.24, 2.45) is 0 Å². The lowest BCUT2D eigenvalue weighted by atomic mass is 9.72. The average Bonchev–Trinajstić information content (AvgIpc) is 2.48. The van der Waals surface area contributed by atoms with Gasteiger partial charge in [0.1, 0.15) is 0 Å². The Kier molecular flexibility index (Phi) is 3.91. The van der Waals surface area contributed by atoms with Gasteiger partial charge in [0.15, 0.2) is 11.5 Å². The standard InChI is InChI=1S/C18H19NO2.BrH/c1-10-2-3-12-9-19-15-5-4-11-7-16(20)17(21)8-14(11)18(15)13(12)6-10;/h2-3,6-8,15,18-21H,4-5,9H2,1H3;1H/t15-,18-;/m1./s1. The second kappa shape index (κ2) is 5.60. The third-order valence-electron chi connectivity index (χ3n) is 4.89. The number of aryl methyl sites for hydroxylation is 2. The molecule has 4 heteroatoms. The number of nitrogens with one attached hydrogen (secondary N) is 1. The molecule has 22 heavy (non-hydrogen) atoms. The van der Waals surface area contributed by atoms with E-state index in [4.69, 9.17) is 0 Å². The van der Waals surface area contributed by atoms with Gasteiger partial charge < -0.3 is 15.5 Å². The fourth-order valence-corrected chi connectivity index (χ4v) is 3.85. The number of aromatic hydroxyl groups is 2. The number of halogens is 1. The first-order valence-electron chi connectivity index (χ1n) is 7.51. The molecule has 0 saturated heterocycles. The molecule has 0 aromatic heterocycles. The first-order chi connectivity index (χ1) is 10.1. The molecule has 3 N–H and O–H groups in total. The molecular weight excluding hydrogens is 342 g/mol. The fraction of sp³-hybridized carbons (Fsp3) is 0.333. The van der Waals surface area contributed by atoms with Crippen LogP contribution in [0.15, 0.2) is 30.3 Å². The molecule has 0 amide bonds. The highest BCUT2D eigenvalue weighted by Gasteiger charge is 2.35. The molecular formula is C18H20BrNO2. The van der Waals surface area contributed by atoms with E-state index in [1.165, 1.54) is 16.7 Å². The SMILES string of the molecule is Br.Cc1ccc2c(c1)[C@@H]1c3cc(O)c(O)cc3CC[C@H]1NC2. The number of rotatable bonds is 0. The van der Waals surface area contributed by atoms with Gasteiger partial charge in [-0.15, -0.1) is 17.0 Å². The zero-order valence-electron chi connectivity index (χ0n) is 12.5. The third kappa shape index (κ3) is 2.31. The predicted molar refractivity (Wildman–Crippen MR) is 92.1 cm³/mol. The molecule has 2 aromatic carbocycles. The lowest BCUT2D eigenvalue weighted by molar-refractivity contribution is 0.380.